The van der Waals surface area contributed by atoms with Crippen LogP contribution >= 0.6 is 0 Å². The van der Waals surface area contributed by atoms with Crippen LogP contribution in [-0.4, -0.2) is 23.1 Å². The maximum absolute atomic E-state index is 10.4. The zero-order chi connectivity index (χ0) is 13.7. The number of rotatable bonds is 5. The van der Waals surface area contributed by atoms with Gasteiger partial charge in [0.1, 0.15) is 0 Å². The van der Waals surface area contributed by atoms with E-state index in [0.717, 1.165) is 12.1 Å². The number of likely N-dealkylation sites (N-methyl/N-ethyl adjacent to an activating group) is 1. The van der Waals surface area contributed by atoms with E-state index in [0.29, 0.717) is 0 Å². The van der Waals surface area contributed by atoms with E-state index in [9.17, 15) is 5.11 Å². The van der Waals surface area contributed by atoms with Crippen LogP contribution < -0.4 is 0 Å². The number of hydrogen-bond acceptors (Lipinski definition) is 2. The number of benzene rings is 2. The van der Waals surface area contributed by atoms with Crippen molar-refractivity contribution >= 4 is 0 Å². The summed E-state index contributed by atoms with van der Waals surface area (Å²) in [5, 5.41) is 10.4. The van der Waals surface area contributed by atoms with Gasteiger partial charge in [0.05, 0.1) is 6.10 Å². The third kappa shape index (κ3) is 3.66. The Morgan fingerprint density at radius 2 is 1.47 bits per heavy atom. The van der Waals surface area contributed by atoms with Crippen LogP contribution in [-0.2, 0) is 6.54 Å². The second kappa shape index (κ2) is 6.50. The van der Waals surface area contributed by atoms with Crippen LogP contribution in [0.2, 0.25) is 0 Å². The molecule has 0 aliphatic carbocycles. The molecule has 0 saturated heterocycles. The Morgan fingerprint density at radius 1 is 0.947 bits per heavy atom. The molecule has 0 heterocycles. The summed E-state index contributed by atoms with van der Waals surface area (Å²) >= 11 is 0. The van der Waals surface area contributed by atoms with Crippen molar-refractivity contribution in [2.45, 2.75) is 25.6 Å². The Labute approximate surface area is 115 Å². The highest BCUT2D eigenvalue weighted by atomic mass is 16.3. The summed E-state index contributed by atoms with van der Waals surface area (Å²) in [4.78, 5) is 2.17. The molecule has 2 aromatic rings. The second-order valence-corrected chi connectivity index (χ2v) is 5.00. The minimum absolute atomic E-state index is 0.0719. The molecule has 0 bridgehead atoms. The average Bonchev–Trinajstić information content (AvgIpc) is 2.47. The first-order valence-electron chi connectivity index (χ1n) is 6.65. The van der Waals surface area contributed by atoms with Gasteiger partial charge in [-0.2, -0.15) is 0 Å². The van der Waals surface area contributed by atoms with Crippen molar-refractivity contribution in [3.05, 3.63) is 71.8 Å². The SMILES string of the molecule is C[C@H]([C@H](O)c1ccccc1)N(C)Cc1ccccc1. The number of aliphatic hydroxyl groups is 1. The molecule has 2 rings (SSSR count). The van der Waals surface area contributed by atoms with Crippen LogP contribution in [0.15, 0.2) is 60.7 Å². The monoisotopic (exact) mass is 255 g/mol. The lowest BCUT2D eigenvalue weighted by Gasteiger charge is -2.29. The minimum Gasteiger partial charge on any atom is -0.387 e. The van der Waals surface area contributed by atoms with Crippen LogP contribution in [0.5, 0.6) is 0 Å². The smallest absolute Gasteiger partial charge is 0.0942 e. The summed E-state index contributed by atoms with van der Waals surface area (Å²) in [5.74, 6) is 0. The third-order valence-corrected chi connectivity index (χ3v) is 3.57. The van der Waals surface area contributed by atoms with Crippen molar-refractivity contribution < 1.29 is 5.11 Å². The maximum Gasteiger partial charge on any atom is 0.0942 e. The fourth-order valence-corrected chi connectivity index (χ4v) is 2.19. The van der Waals surface area contributed by atoms with E-state index in [1.54, 1.807) is 0 Å². The van der Waals surface area contributed by atoms with Crippen LogP contribution in [0.1, 0.15) is 24.2 Å². The van der Waals surface area contributed by atoms with E-state index in [1.165, 1.54) is 5.56 Å². The maximum atomic E-state index is 10.4. The lowest BCUT2D eigenvalue weighted by Crippen LogP contribution is -2.33. The molecule has 0 saturated carbocycles. The van der Waals surface area contributed by atoms with Gasteiger partial charge in [-0.1, -0.05) is 60.7 Å². The van der Waals surface area contributed by atoms with Crippen molar-refractivity contribution in [2.24, 2.45) is 0 Å². The van der Waals surface area contributed by atoms with E-state index in [-0.39, 0.29) is 6.04 Å². The summed E-state index contributed by atoms with van der Waals surface area (Å²) in [5.41, 5.74) is 2.23. The molecule has 2 aromatic carbocycles. The first kappa shape index (κ1) is 13.8. The summed E-state index contributed by atoms with van der Waals surface area (Å²) in [6.45, 7) is 2.90. The van der Waals surface area contributed by atoms with Crippen LogP contribution in [0, 0.1) is 0 Å². The molecule has 1 N–H and O–H groups in total. The van der Waals surface area contributed by atoms with Crippen LogP contribution in [0.3, 0.4) is 0 Å². The summed E-state index contributed by atoms with van der Waals surface area (Å²) < 4.78 is 0. The first-order chi connectivity index (χ1) is 9.18. The molecule has 0 fully saturated rings. The normalized spacial score (nSPS) is 14.3. The zero-order valence-electron chi connectivity index (χ0n) is 11.5. The summed E-state index contributed by atoms with van der Waals surface area (Å²) in [7, 11) is 2.05. The van der Waals surface area contributed by atoms with Gasteiger partial charge in [0.15, 0.2) is 0 Å². The quantitative estimate of drug-likeness (QED) is 0.886. The van der Waals surface area contributed by atoms with Crippen molar-refractivity contribution in [1.29, 1.82) is 0 Å². The zero-order valence-corrected chi connectivity index (χ0v) is 11.5. The molecule has 0 amide bonds. The molecule has 2 heteroatoms. The Hall–Kier alpha value is -1.64. The Bertz CT molecular complexity index is 483. The standard InChI is InChI=1S/C17H21NO/c1-14(17(19)16-11-7-4-8-12-16)18(2)13-15-9-5-3-6-10-15/h3-12,14,17,19H,13H2,1-2H3/t14-,17+/m1/s1. The molecule has 2 nitrogen and oxygen atoms in total. The Morgan fingerprint density at radius 3 is 2.05 bits per heavy atom. The number of aliphatic hydroxyl groups excluding tert-OH is 1. The summed E-state index contributed by atoms with van der Waals surface area (Å²) in [6, 6.07) is 20.2. The lowest BCUT2D eigenvalue weighted by molar-refractivity contribution is 0.0688. The molecule has 100 valence electrons. The molecular weight excluding hydrogens is 234 g/mol. The molecule has 2 atom stereocenters. The van der Waals surface area contributed by atoms with Crippen LogP contribution in [0.25, 0.3) is 0 Å². The number of nitrogens with zero attached hydrogens (tertiary/aromatic N) is 1. The molecule has 0 aromatic heterocycles. The van der Waals surface area contributed by atoms with Crippen molar-refractivity contribution in [1.82, 2.24) is 4.90 Å². The Balaban J connectivity index is 2.01. The molecule has 19 heavy (non-hydrogen) atoms. The molecule has 0 unspecified atom stereocenters. The highest BCUT2D eigenvalue weighted by Gasteiger charge is 2.20. The average molecular weight is 255 g/mol. The minimum atomic E-state index is -0.463. The first-order valence-corrected chi connectivity index (χ1v) is 6.65. The van der Waals surface area contributed by atoms with Gasteiger partial charge >= 0.3 is 0 Å². The predicted molar refractivity (Wildman–Crippen MR) is 78.8 cm³/mol. The van der Waals surface area contributed by atoms with Gasteiger partial charge in [-0.05, 0) is 25.1 Å². The van der Waals surface area contributed by atoms with Gasteiger partial charge in [-0.25, -0.2) is 0 Å². The van der Waals surface area contributed by atoms with Gasteiger partial charge in [-0.15, -0.1) is 0 Å². The molecule has 0 aliphatic rings. The van der Waals surface area contributed by atoms with E-state index in [4.69, 9.17) is 0 Å². The van der Waals surface area contributed by atoms with E-state index in [2.05, 4.69) is 24.0 Å². The van der Waals surface area contributed by atoms with Crippen LogP contribution in [0.4, 0.5) is 0 Å². The van der Waals surface area contributed by atoms with E-state index in [1.807, 2.05) is 55.6 Å². The second-order valence-electron chi connectivity index (χ2n) is 5.00. The third-order valence-electron chi connectivity index (χ3n) is 3.57. The van der Waals surface area contributed by atoms with Gasteiger partial charge < -0.3 is 5.11 Å². The van der Waals surface area contributed by atoms with E-state index < -0.39 is 6.10 Å². The van der Waals surface area contributed by atoms with Gasteiger partial charge in [-0.3, -0.25) is 4.90 Å². The van der Waals surface area contributed by atoms with Crippen molar-refractivity contribution in [3.63, 3.8) is 0 Å². The Kier molecular flexibility index (Phi) is 4.72. The van der Waals surface area contributed by atoms with Gasteiger partial charge in [0.2, 0.25) is 0 Å². The van der Waals surface area contributed by atoms with Crippen molar-refractivity contribution in [3.8, 4) is 0 Å². The molecule has 0 aliphatic heterocycles. The highest BCUT2D eigenvalue weighted by molar-refractivity contribution is 5.19. The van der Waals surface area contributed by atoms with Gasteiger partial charge in [0, 0.05) is 12.6 Å². The topological polar surface area (TPSA) is 23.5 Å². The fourth-order valence-electron chi connectivity index (χ4n) is 2.19. The number of hydrogen-bond donors (Lipinski definition) is 1. The molecule has 0 spiro atoms. The van der Waals surface area contributed by atoms with Crippen molar-refractivity contribution in [2.75, 3.05) is 7.05 Å². The highest BCUT2D eigenvalue weighted by Crippen LogP contribution is 2.20. The largest absolute Gasteiger partial charge is 0.387 e. The summed E-state index contributed by atoms with van der Waals surface area (Å²) in [6.07, 6.45) is -0.463. The van der Waals surface area contributed by atoms with E-state index >= 15 is 0 Å². The lowest BCUT2D eigenvalue weighted by atomic mass is 10.0. The molecule has 0 radical (unpaired) electrons. The molecular formula is C17H21NO. The fraction of sp³-hybridized carbons (Fsp3) is 0.294. The predicted octanol–water partition coefficient (Wildman–Crippen LogP) is 3.24. The van der Waals surface area contributed by atoms with Gasteiger partial charge in [0.25, 0.3) is 0 Å².